The maximum Gasteiger partial charge on any atom is 0.262 e. The zero-order chi connectivity index (χ0) is 25.3. The fraction of sp³-hybridized carbons (Fsp3) is 0.125. The van der Waals surface area contributed by atoms with Crippen molar-refractivity contribution in [2.24, 2.45) is 10.7 Å². The third-order valence-electron chi connectivity index (χ3n) is 5.32. The van der Waals surface area contributed by atoms with Crippen LogP contribution in [-0.4, -0.2) is 37.4 Å². The van der Waals surface area contributed by atoms with Crippen LogP contribution in [0, 0.1) is 0 Å². The van der Waals surface area contributed by atoms with Gasteiger partial charge in [0.25, 0.3) is 5.56 Å². The number of benzene rings is 2. The lowest BCUT2D eigenvalue weighted by atomic mass is 10.1. The molecule has 2 aromatic carbocycles. The van der Waals surface area contributed by atoms with Gasteiger partial charge in [-0.25, -0.2) is 8.42 Å². The van der Waals surface area contributed by atoms with E-state index in [-0.39, 0.29) is 21.2 Å². The Morgan fingerprint density at radius 2 is 1.86 bits per heavy atom. The third kappa shape index (κ3) is 5.33. The number of halogens is 2. The van der Waals surface area contributed by atoms with Crippen LogP contribution >= 0.6 is 34.5 Å². The molecule has 2 heterocycles. The maximum atomic E-state index is 13.1. The van der Waals surface area contributed by atoms with E-state index in [9.17, 15) is 18.0 Å². The second-order valence-corrected chi connectivity index (χ2v) is 12.1. The summed E-state index contributed by atoms with van der Waals surface area (Å²) >= 11 is 13.2. The summed E-state index contributed by atoms with van der Waals surface area (Å²) in [4.78, 5) is 29.5. The first-order valence-corrected chi connectivity index (χ1v) is 13.5. The quantitative estimate of drug-likeness (QED) is 0.274. The Labute approximate surface area is 215 Å². The fourth-order valence-corrected chi connectivity index (χ4v) is 6.71. The van der Waals surface area contributed by atoms with E-state index in [4.69, 9.17) is 28.9 Å². The Kier molecular flexibility index (Phi) is 7.14. The van der Waals surface area contributed by atoms with E-state index in [1.54, 1.807) is 55.7 Å². The number of ketones is 1. The van der Waals surface area contributed by atoms with Crippen molar-refractivity contribution in [3.8, 4) is 5.69 Å². The maximum absolute atomic E-state index is 13.1. The number of carbonyl (C=O) groups excluding carboxylic acids is 1. The van der Waals surface area contributed by atoms with Gasteiger partial charge in [0.1, 0.15) is 15.8 Å². The molecule has 0 amide bonds. The van der Waals surface area contributed by atoms with Gasteiger partial charge < -0.3 is 5.73 Å². The molecule has 0 radical (unpaired) electrons. The standard InChI is InChI=1S/C24H19Cl2N3O4S2/c1-28-23(27)16-3-4-18-15(12-16)8-9-29(24(18)31)20-5-2-14(11-19(20)25)10-17(30)13-35(32,33)22-7-6-21(26)34-22/h2-9,11-12H,10,13H2,1H3,(H2,27,28). The van der Waals surface area contributed by atoms with Gasteiger partial charge in [0.15, 0.2) is 15.6 Å². The normalized spacial score (nSPS) is 12.3. The van der Waals surface area contributed by atoms with E-state index >= 15 is 0 Å². The van der Waals surface area contributed by atoms with Crippen LogP contribution in [0.3, 0.4) is 0 Å². The zero-order valence-electron chi connectivity index (χ0n) is 18.4. The molecule has 35 heavy (non-hydrogen) atoms. The van der Waals surface area contributed by atoms with Crippen molar-refractivity contribution in [1.82, 2.24) is 4.57 Å². The number of fused-ring (bicyclic) bond motifs is 1. The van der Waals surface area contributed by atoms with Gasteiger partial charge in [-0.15, -0.1) is 11.3 Å². The Balaban J connectivity index is 1.57. The lowest BCUT2D eigenvalue weighted by molar-refractivity contribution is -0.116. The van der Waals surface area contributed by atoms with Crippen LogP contribution in [-0.2, 0) is 21.1 Å². The number of rotatable bonds is 7. The predicted molar refractivity (Wildman–Crippen MR) is 141 cm³/mol. The number of nitrogens with two attached hydrogens (primary N) is 1. The van der Waals surface area contributed by atoms with E-state index in [2.05, 4.69) is 4.99 Å². The van der Waals surface area contributed by atoms with Crippen molar-refractivity contribution in [3.05, 3.63) is 91.6 Å². The van der Waals surface area contributed by atoms with Gasteiger partial charge in [-0.3, -0.25) is 19.1 Å². The van der Waals surface area contributed by atoms with Crippen molar-refractivity contribution in [1.29, 1.82) is 0 Å². The molecule has 0 aliphatic rings. The molecule has 4 rings (SSSR count). The first-order chi connectivity index (χ1) is 16.6. The molecule has 7 nitrogen and oxygen atoms in total. The van der Waals surface area contributed by atoms with Crippen LogP contribution in [0.2, 0.25) is 9.36 Å². The summed E-state index contributed by atoms with van der Waals surface area (Å²) in [5, 5.41) is 1.44. The van der Waals surface area contributed by atoms with E-state index in [1.807, 2.05) is 0 Å². The largest absolute Gasteiger partial charge is 0.384 e. The highest BCUT2D eigenvalue weighted by molar-refractivity contribution is 7.94. The molecule has 180 valence electrons. The number of aliphatic imine (C=N–C) groups is 1. The second kappa shape index (κ2) is 9.94. The highest BCUT2D eigenvalue weighted by Gasteiger charge is 2.22. The Morgan fingerprint density at radius 1 is 1.09 bits per heavy atom. The number of carbonyl (C=O) groups is 1. The van der Waals surface area contributed by atoms with Gasteiger partial charge in [0.05, 0.1) is 15.0 Å². The summed E-state index contributed by atoms with van der Waals surface area (Å²) in [7, 11) is -2.17. The van der Waals surface area contributed by atoms with Gasteiger partial charge in [0, 0.05) is 30.6 Å². The number of aromatic nitrogens is 1. The monoisotopic (exact) mass is 547 g/mol. The molecule has 0 atom stereocenters. The van der Waals surface area contributed by atoms with Crippen molar-refractivity contribution in [2.75, 3.05) is 12.8 Å². The predicted octanol–water partition coefficient (Wildman–Crippen LogP) is 4.28. The molecule has 0 spiro atoms. The molecule has 2 aromatic heterocycles. The van der Waals surface area contributed by atoms with E-state index in [0.717, 1.165) is 11.3 Å². The molecule has 0 aliphatic heterocycles. The van der Waals surface area contributed by atoms with Crippen LogP contribution in [0.4, 0.5) is 0 Å². The summed E-state index contributed by atoms with van der Waals surface area (Å²) in [5.41, 5.74) is 7.29. The molecule has 0 saturated heterocycles. The zero-order valence-corrected chi connectivity index (χ0v) is 21.5. The number of nitrogens with zero attached hydrogens (tertiary/aromatic N) is 2. The highest BCUT2D eigenvalue weighted by atomic mass is 35.5. The van der Waals surface area contributed by atoms with Crippen molar-refractivity contribution < 1.29 is 13.2 Å². The van der Waals surface area contributed by atoms with Gasteiger partial charge in [0.2, 0.25) is 0 Å². The van der Waals surface area contributed by atoms with E-state index in [1.165, 1.54) is 16.7 Å². The van der Waals surface area contributed by atoms with Gasteiger partial charge in [-0.05, 0) is 53.4 Å². The lowest BCUT2D eigenvalue weighted by Gasteiger charge is -2.11. The smallest absolute Gasteiger partial charge is 0.262 e. The van der Waals surface area contributed by atoms with E-state index in [0.29, 0.717) is 37.8 Å². The third-order valence-corrected chi connectivity index (χ3v) is 9.11. The fourth-order valence-electron chi connectivity index (χ4n) is 3.61. The van der Waals surface area contributed by atoms with Crippen molar-refractivity contribution in [2.45, 2.75) is 10.6 Å². The summed E-state index contributed by atoms with van der Waals surface area (Å²) in [6.07, 6.45) is 1.49. The number of sulfone groups is 1. The van der Waals surface area contributed by atoms with Crippen LogP contribution in [0.5, 0.6) is 0 Å². The van der Waals surface area contributed by atoms with Gasteiger partial charge in [-0.1, -0.05) is 35.3 Å². The lowest BCUT2D eigenvalue weighted by Crippen LogP contribution is -2.19. The van der Waals surface area contributed by atoms with Gasteiger partial charge >= 0.3 is 0 Å². The first kappa shape index (κ1) is 25.1. The summed E-state index contributed by atoms with van der Waals surface area (Å²) in [6.45, 7) is 0. The second-order valence-electron chi connectivity index (χ2n) is 7.72. The minimum atomic E-state index is -3.77. The van der Waals surface area contributed by atoms with E-state index < -0.39 is 21.4 Å². The minimum absolute atomic E-state index is 0.0525. The molecule has 4 aromatic rings. The highest BCUT2D eigenvalue weighted by Crippen LogP contribution is 2.27. The number of amidine groups is 1. The number of thiophene rings is 1. The molecule has 0 bridgehead atoms. The molecule has 0 aliphatic carbocycles. The summed E-state index contributed by atoms with van der Waals surface area (Å²) in [5.74, 6) is -0.745. The molecule has 0 saturated carbocycles. The molecule has 2 N–H and O–H groups in total. The van der Waals surface area contributed by atoms with Gasteiger partial charge in [-0.2, -0.15) is 0 Å². The summed E-state index contributed by atoms with van der Waals surface area (Å²) in [6, 6.07) is 14.7. The summed E-state index contributed by atoms with van der Waals surface area (Å²) < 4.78 is 26.7. The number of pyridine rings is 1. The number of Topliss-reactive ketones (excluding diaryl/α,β-unsaturated/α-hetero) is 1. The SMILES string of the molecule is CN=C(N)c1ccc2c(=O)n(-c3ccc(CC(=O)CS(=O)(=O)c4ccc(Cl)s4)cc3Cl)ccc2c1. The molecular weight excluding hydrogens is 529 g/mol. The molecule has 0 unspecified atom stereocenters. The Morgan fingerprint density at radius 3 is 2.51 bits per heavy atom. The van der Waals surface area contributed by atoms with Crippen LogP contribution in [0.1, 0.15) is 11.1 Å². The molecular formula is C24H19Cl2N3O4S2. The molecule has 0 fully saturated rings. The number of hydrogen-bond acceptors (Lipinski definition) is 6. The molecule has 11 heteroatoms. The number of hydrogen-bond donors (Lipinski definition) is 1. The van der Waals surface area contributed by atoms with Crippen LogP contribution < -0.4 is 11.3 Å². The Bertz CT molecular complexity index is 1660. The van der Waals surface area contributed by atoms with Crippen LogP contribution in [0.15, 0.2) is 74.8 Å². The average molecular weight is 548 g/mol. The van der Waals surface area contributed by atoms with Crippen LogP contribution in [0.25, 0.3) is 16.5 Å². The van der Waals surface area contributed by atoms with Crippen molar-refractivity contribution >= 4 is 66.8 Å². The average Bonchev–Trinajstić information content (AvgIpc) is 3.26. The topological polar surface area (TPSA) is 112 Å². The van der Waals surface area contributed by atoms with Crippen molar-refractivity contribution in [3.63, 3.8) is 0 Å². The minimum Gasteiger partial charge on any atom is -0.384 e. The first-order valence-electron chi connectivity index (χ1n) is 10.3. The Hall–Kier alpha value is -2.98.